The van der Waals surface area contributed by atoms with Crippen molar-refractivity contribution in [1.82, 2.24) is 5.32 Å². The van der Waals surface area contributed by atoms with Crippen molar-refractivity contribution in [2.24, 2.45) is 0 Å². The van der Waals surface area contributed by atoms with E-state index in [9.17, 15) is 9.59 Å². The first-order valence-electron chi connectivity index (χ1n) is 6.66. The van der Waals surface area contributed by atoms with Crippen LogP contribution in [-0.2, 0) is 0 Å². The van der Waals surface area contributed by atoms with Crippen molar-refractivity contribution in [3.05, 3.63) is 35.4 Å². The van der Waals surface area contributed by atoms with Crippen molar-refractivity contribution in [2.75, 3.05) is 0 Å². The maximum atomic E-state index is 11.2. The molecule has 0 saturated heterocycles. The molecule has 1 aromatic carbocycles. The van der Waals surface area contributed by atoms with Crippen molar-refractivity contribution >= 4 is 11.9 Å². The third kappa shape index (κ3) is 3.56. The molecular formula is C15H19NO3. The number of amides is 1. The zero-order valence-corrected chi connectivity index (χ0v) is 11.1. The van der Waals surface area contributed by atoms with Gasteiger partial charge >= 0.3 is 6.09 Å². The maximum Gasteiger partial charge on any atom is 0.404 e. The minimum atomic E-state index is -0.947. The second kappa shape index (κ2) is 5.87. The molecule has 4 nitrogen and oxygen atoms in total. The summed E-state index contributed by atoms with van der Waals surface area (Å²) in [4.78, 5) is 21.9. The molecule has 1 fully saturated rings. The number of carboxylic acid groups (broad SMARTS) is 1. The lowest BCUT2D eigenvalue weighted by Gasteiger charge is -2.29. The molecule has 1 aromatic rings. The lowest BCUT2D eigenvalue weighted by molar-refractivity contribution is 0.101. The van der Waals surface area contributed by atoms with Gasteiger partial charge in [0.05, 0.1) is 0 Å². The van der Waals surface area contributed by atoms with Gasteiger partial charge in [0.1, 0.15) is 0 Å². The van der Waals surface area contributed by atoms with Crippen LogP contribution in [0.2, 0.25) is 0 Å². The maximum absolute atomic E-state index is 11.2. The minimum absolute atomic E-state index is 0.0451. The number of hydrogen-bond acceptors (Lipinski definition) is 2. The molecule has 2 N–H and O–H groups in total. The van der Waals surface area contributed by atoms with Crippen LogP contribution in [0.25, 0.3) is 0 Å². The van der Waals surface area contributed by atoms with Crippen LogP contribution in [0.4, 0.5) is 4.79 Å². The van der Waals surface area contributed by atoms with Gasteiger partial charge in [0.25, 0.3) is 0 Å². The standard InChI is InChI=1S/C15H19NO3/c1-10(17)11-5-7-12(8-6-11)13-3-2-4-14(9-13)16-15(18)19/h5-8,13-14,16H,2-4,9H2,1H3,(H,18,19). The van der Waals surface area contributed by atoms with E-state index >= 15 is 0 Å². The van der Waals surface area contributed by atoms with E-state index in [2.05, 4.69) is 5.32 Å². The molecule has 0 heterocycles. The molecule has 4 heteroatoms. The Balaban J connectivity index is 2.04. The molecule has 19 heavy (non-hydrogen) atoms. The molecule has 1 saturated carbocycles. The zero-order chi connectivity index (χ0) is 13.8. The zero-order valence-electron chi connectivity index (χ0n) is 11.1. The largest absolute Gasteiger partial charge is 0.465 e. The first-order valence-corrected chi connectivity index (χ1v) is 6.66. The summed E-state index contributed by atoms with van der Waals surface area (Å²) >= 11 is 0. The van der Waals surface area contributed by atoms with Gasteiger partial charge in [-0.2, -0.15) is 0 Å². The molecule has 1 amide bonds. The van der Waals surface area contributed by atoms with E-state index in [1.807, 2.05) is 24.3 Å². The average Bonchev–Trinajstić information content (AvgIpc) is 2.38. The van der Waals surface area contributed by atoms with E-state index in [1.165, 1.54) is 5.56 Å². The van der Waals surface area contributed by atoms with Crippen LogP contribution in [0, 0.1) is 0 Å². The van der Waals surface area contributed by atoms with Gasteiger partial charge in [-0.25, -0.2) is 4.79 Å². The van der Waals surface area contributed by atoms with Gasteiger partial charge in [-0.1, -0.05) is 30.7 Å². The van der Waals surface area contributed by atoms with Crippen molar-refractivity contribution in [1.29, 1.82) is 0 Å². The van der Waals surface area contributed by atoms with Crippen molar-refractivity contribution < 1.29 is 14.7 Å². The summed E-state index contributed by atoms with van der Waals surface area (Å²) in [6.07, 6.45) is 2.92. The third-order valence-electron chi connectivity index (χ3n) is 3.79. The number of carbonyl (C=O) groups is 2. The molecule has 0 aromatic heterocycles. The van der Waals surface area contributed by atoms with Gasteiger partial charge in [0.15, 0.2) is 5.78 Å². The Bertz CT molecular complexity index is 467. The van der Waals surface area contributed by atoms with Crippen LogP contribution in [-0.4, -0.2) is 23.0 Å². The Morgan fingerprint density at radius 3 is 2.47 bits per heavy atom. The third-order valence-corrected chi connectivity index (χ3v) is 3.79. The summed E-state index contributed by atoms with van der Waals surface area (Å²) in [5.74, 6) is 0.451. The van der Waals surface area contributed by atoms with Crippen LogP contribution in [0.3, 0.4) is 0 Å². The van der Waals surface area contributed by atoms with Crippen LogP contribution in [0.1, 0.15) is 54.4 Å². The van der Waals surface area contributed by atoms with Gasteiger partial charge in [-0.3, -0.25) is 4.79 Å². The number of rotatable bonds is 3. The molecular weight excluding hydrogens is 242 g/mol. The van der Waals surface area contributed by atoms with E-state index < -0.39 is 6.09 Å². The minimum Gasteiger partial charge on any atom is -0.465 e. The molecule has 2 atom stereocenters. The summed E-state index contributed by atoms with van der Waals surface area (Å²) in [7, 11) is 0. The van der Waals surface area contributed by atoms with Crippen LogP contribution < -0.4 is 5.32 Å². The first-order chi connectivity index (χ1) is 9.06. The highest BCUT2D eigenvalue weighted by atomic mass is 16.4. The van der Waals surface area contributed by atoms with Gasteiger partial charge < -0.3 is 10.4 Å². The second-order valence-corrected chi connectivity index (χ2v) is 5.19. The normalized spacial score (nSPS) is 22.8. The first kappa shape index (κ1) is 13.6. The number of carbonyl (C=O) groups excluding carboxylic acids is 1. The lowest BCUT2D eigenvalue weighted by Crippen LogP contribution is -2.36. The Labute approximate surface area is 112 Å². The topological polar surface area (TPSA) is 66.4 Å². The van der Waals surface area contributed by atoms with Crippen LogP contribution in [0.5, 0.6) is 0 Å². The molecule has 0 radical (unpaired) electrons. The molecule has 2 unspecified atom stereocenters. The highest BCUT2D eigenvalue weighted by Crippen LogP contribution is 2.33. The Kier molecular flexibility index (Phi) is 4.20. The number of nitrogens with one attached hydrogen (secondary N) is 1. The fourth-order valence-corrected chi connectivity index (χ4v) is 2.79. The van der Waals surface area contributed by atoms with E-state index in [0.717, 1.165) is 31.2 Å². The highest BCUT2D eigenvalue weighted by Gasteiger charge is 2.24. The molecule has 0 spiro atoms. The van der Waals surface area contributed by atoms with Crippen molar-refractivity contribution in [3.63, 3.8) is 0 Å². The quantitative estimate of drug-likeness (QED) is 0.821. The van der Waals surface area contributed by atoms with Crippen molar-refractivity contribution in [2.45, 2.75) is 44.6 Å². The van der Waals surface area contributed by atoms with Crippen LogP contribution in [0.15, 0.2) is 24.3 Å². The van der Waals surface area contributed by atoms with E-state index in [-0.39, 0.29) is 11.8 Å². The summed E-state index contributed by atoms with van der Waals surface area (Å²) in [6.45, 7) is 1.56. The predicted molar refractivity (Wildman–Crippen MR) is 72.6 cm³/mol. The van der Waals surface area contributed by atoms with Gasteiger partial charge in [-0.05, 0) is 37.7 Å². The van der Waals surface area contributed by atoms with Gasteiger partial charge in [0.2, 0.25) is 0 Å². The molecule has 1 aliphatic rings. The SMILES string of the molecule is CC(=O)c1ccc(C2CCCC(NC(=O)O)C2)cc1. The van der Waals surface area contributed by atoms with Gasteiger partial charge in [0, 0.05) is 11.6 Å². The fraction of sp³-hybridized carbons (Fsp3) is 0.467. The number of benzene rings is 1. The molecule has 2 rings (SSSR count). The number of Topliss-reactive ketones (excluding diaryl/α,β-unsaturated/α-hetero) is 1. The monoisotopic (exact) mass is 261 g/mol. The van der Waals surface area contributed by atoms with E-state index in [1.54, 1.807) is 6.92 Å². The van der Waals surface area contributed by atoms with Gasteiger partial charge in [-0.15, -0.1) is 0 Å². The smallest absolute Gasteiger partial charge is 0.404 e. The summed E-state index contributed by atoms with van der Waals surface area (Å²) in [5.41, 5.74) is 1.92. The average molecular weight is 261 g/mol. The number of ketones is 1. The Morgan fingerprint density at radius 1 is 1.21 bits per heavy atom. The lowest BCUT2D eigenvalue weighted by atomic mass is 9.81. The summed E-state index contributed by atoms with van der Waals surface area (Å²) in [5, 5.41) is 11.3. The second-order valence-electron chi connectivity index (χ2n) is 5.19. The molecule has 0 bridgehead atoms. The molecule has 1 aliphatic carbocycles. The Hall–Kier alpha value is -1.84. The number of hydrogen-bond donors (Lipinski definition) is 2. The molecule has 0 aliphatic heterocycles. The van der Waals surface area contributed by atoms with Crippen molar-refractivity contribution in [3.8, 4) is 0 Å². The summed E-state index contributed by atoms with van der Waals surface area (Å²) in [6, 6.07) is 7.73. The predicted octanol–water partition coefficient (Wildman–Crippen LogP) is 3.18. The fourth-order valence-electron chi connectivity index (χ4n) is 2.79. The van der Waals surface area contributed by atoms with E-state index in [4.69, 9.17) is 5.11 Å². The molecule has 102 valence electrons. The summed E-state index contributed by atoms with van der Waals surface area (Å²) < 4.78 is 0. The van der Waals surface area contributed by atoms with Crippen LogP contribution >= 0.6 is 0 Å². The van der Waals surface area contributed by atoms with E-state index in [0.29, 0.717) is 5.92 Å². The highest BCUT2D eigenvalue weighted by molar-refractivity contribution is 5.94. The Morgan fingerprint density at radius 2 is 1.89 bits per heavy atom.